The van der Waals surface area contributed by atoms with Crippen molar-refractivity contribution in [2.24, 2.45) is 4.99 Å². The lowest BCUT2D eigenvalue weighted by molar-refractivity contribution is 0.583. The largest absolute Gasteiger partial charge is 0.357 e. The van der Waals surface area contributed by atoms with Crippen molar-refractivity contribution >= 4 is 15.8 Å². The topological polar surface area (TPSA) is 88.4 Å². The third kappa shape index (κ3) is 8.72. The molecule has 1 aromatic carbocycles. The van der Waals surface area contributed by atoms with Gasteiger partial charge in [-0.3, -0.25) is 9.67 Å². The van der Waals surface area contributed by atoms with E-state index in [4.69, 9.17) is 0 Å². The van der Waals surface area contributed by atoms with Gasteiger partial charge >= 0.3 is 0 Å². The molecule has 2 aromatic rings. The lowest BCUT2D eigenvalue weighted by Crippen LogP contribution is -2.38. The van der Waals surface area contributed by atoms with Crippen LogP contribution in [-0.2, 0) is 22.1 Å². The van der Waals surface area contributed by atoms with E-state index in [1.165, 1.54) is 0 Å². The Balaban J connectivity index is 1.69. The van der Waals surface area contributed by atoms with Crippen molar-refractivity contribution in [3.8, 4) is 0 Å². The number of nitrogens with zero attached hydrogens (tertiary/aromatic N) is 3. The molecule has 0 saturated heterocycles. The summed E-state index contributed by atoms with van der Waals surface area (Å²) < 4.78 is 26.3. The van der Waals surface area contributed by atoms with Gasteiger partial charge in [0.2, 0.25) is 0 Å². The van der Waals surface area contributed by atoms with E-state index >= 15 is 0 Å². The van der Waals surface area contributed by atoms with E-state index in [1.807, 2.05) is 54.2 Å². The molecule has 0 atom stereocenters. The number of aromatic nitrogens is 2. The first-order valence-corrected chi connectivity index (χ1v) is 11.1. The van der Waals surface area contributed by atoms with Gasteiger partial charge in [0.15, 0.2) is 15.8 Å². The number of aryl methyl sites for hydroxylation is 1. The summed E-state index contributed by atoms with van der Waals surface area (Å²) in [5, 5.41) is 10.5. The fraction of sp³-hybridized carbons (Fsp3) is 0.474. The van der Waals surface area contributed by atoms with Crippen LogP contribution in [0.25, 0.3) is 0 Å². The van der Waals surface area contributed by atoms with Crippen LogP contribution in [0.3, 0.4) is 0 Å². The van der Waals surface area contributed by atoms with Crippen molar-refractivity contribution in [2.75, 3.05) is 25.4 Å². The van der Waals surface area contributed by atoms with Gasteiger partial charge in [0.25, 0.3) is 0 Å². The van der Waals surface area contributed by atoms with Crippen LogP contribution < -0.4 is 10.6 Å². The third-order valence-corrected chi connectivity index (χ3v) is 5.56. The predicted octanol–water partition coefficient (Wildman–Crippen LogP) is 1.83. The minimum atomic E-state index is -3.10. The van der Waals surface area contributed by atoms with Crippen LogP contribution >= 0.6 is 0 Å². The van der Waals surface area contributed by atoms with Crippen molar-refractivity contribution in [1.82, 2.24) is 20.4 Å². The summed E-state index contributed by atoms with van der Waals surface area (Å²) in [4.78, 5) is 4.52. The zero-order valence-corrected chi connectivity index (χ0v) is 16.7. The van der Waals surface area contributed by atoms with E-state index in [0.29, 0.717) is 19.5 Å². The molecule has 0 unspecified atom stereocenters. The maximum atomic E-state index is 12.2. The van der Waals surface area contributed by atoms with Gasteiger partial charge in [0, 0.05) is 38.6 Å². The van der Waals surface area contributed by atoms with Gasteiger partial charge < -0.3 is 10.6 Å². The fourth-order valence-electron chi connectivity index (χ4n) is 2.60. The maximum absolute atomic E-state index is 12.2. The highest BCUT2D eigenvalue weighted by Crippen LogP contribution is 2.06. The maximum Gasteiger partial charge on any atom is 0.191 e. The minimum Gasteiger partial charge on any atom is -0.357 e. The zero-order chi connectivity index (χ0) is 19.4. The summed E-state index contributed by atoms with van der Waals surface area (Å²) in [5.41, 5.74) is 0.831. The number of hydrogen-bond donors (Lipinski definition) is 2. The summed E-state index contributed by atoms with van der Waals surface area (Å²) in [6.45, 7) is 4.84. The molecule has 2 N–H and O–H groups in total. The highest BCUT2D eigenvalue weighted by Gasteiger charge is 2.11. The number of sulfone groups is 1. The third-order valence-electron chi connectivity index (χ3n) is 3.87. The number of hydrogen-bond acceptors (Lipinski definition) is 4. The Kier molecular flexibility index (Phi) is 8.83. The summed E-state index contributed by atoms with van der Waals surface area (Å²) in [5.74, 6) is 0.974. The minimum absolute atomic E-state index is 0.0927. The van der Waals surface area contributed by atoms with Crippen LogP contribution in [0.15, 0.2) is 53.8 Å². The summed E-state index contributed by atoms with van der Waals surface area (Å²) in [6, 6.07) is 11.2. The summed E-state index contributed by atoms with van der Waals surface area (Å²) >= 11 is 0. The molecule has 1 heterocycles. The SMILES string of the molecule is CCNC(=NCCCn1cccn1)NCCCS(=O)(=O)Cc1ccccc1. The molecule has 0 bridgehead atoms. The first-order valence-electron chi connectivity index (χ1n) is 9.33. The van der Waals surface area contributed by atoms with Crippen molar-refractivity contribution in [2.45, 2.75) is 32.1 Å². The predicted molar refractivity (Wildman–Crippen MR) is 109 cm³/mol. The van der Waals surface area contributed by atoms with E-state index in [9.17, 15) is 8.42 Å². The van der Waals surface area contributed by atoms with Gasteiger partial charge in [0.05, 0.1) is 11.5 Å². The Bertz CT molecular complexity index is 774. The van der Waals surface area contributed by atoms with E-state index in [0.717, 1.165) is 31.0 Å². The molecule has 0 saturated carbocycles. The van der Waals surface area contributed by atoms with E-state index in [-0.39, 0.29) is 11.5 Å². The smallest absolute Gasteiger partial charge is 0.191 e. The Morgan fingerprint density at radius 1 is 1.15 bits per heavy atom. The van der Waals surface area contributed by atoms with Crippen LogP contribution in [0.5, 0.6) is 0 Å². The average molecular weight is 392 g/mol. The van der Waals surface area contributed by atoms with E-state index < -0.39 is 9.84 Å². The molecule has 0 amide bonds. The van der Waals surface area contributed by atoms with Crippen LogP contribution in [0.4, 0.5) is 0 Å². The lowest BCUT2D eigenvalue weighted by atomic mass is 10.2. The van der Waals surface area contributed by atoms with Crippen molar-refractivity contribution < 1.29 is 8.42 Å². The number of aliphatic imine (C=N–C) groups is 1. The number of guanidine groups is 1. The summed E-state index contributed by atoms with van der Waals surface area (Å²) in [7, 11) is -3.10. The van der Waals surface area contributed by atoms with Gasteiger partial charge in [-0.1, -0.05) is 30.3 Å². The normalized spacial score (nSPS) is 12.1. The Morgan fingerprint density at radius 2 is 1.96 bits per heavy atom. The molecule has 0 spiro atoms. The monoisotopic (exact) mass is 391 g/mol. The first-order chi connectivity index (χ1) is 13.1. The first kappa shape index (κ1) is 21.0. The highest BCUT2D eigenvalue weighted by molar-refractivity contribution is 7.90. The number of rotatable bonds is 11. The highest BCUT2D eigenvalue weighted by atomic mass is 32.2. The van der Waals surface area contributed by atoms with Gasteiger partial charge in [-0.15, -0.1) is 0 Å². The number of benzene rings is 1. The van der Waals surface area contributed by atoms with Gasteiger partial charge in [0.1, 0.15) is 0 Å². The zero-order valence-electron chi connectivity index (χ0n) is 15.8. The van der Waals surface area contributed by atoms with Gasteiger partial charge in [-0.05, 0) is 31.4 Å². The van der Waals surface area contributed by atoms with E-state index in [2.05, 4.69) is 20.7 Å². The second-order valence-corrected chi connectivity index (χ2v) is 8.43. The summed E-state index contributed by atoms with van der Waals surface area (Å²) in [6.07, 6.45) is 5.14. The molecule has 7 nitrogen and oxygen atoms in total. The Morgan fingerprint density at radius 3 is 2.67 bits per heavy atom. The van der Waals surface area contributed by atoms with Crippen LogP contribution in [0.2, 0.25) is 0 Å². The van der Waals surface area contributed by atoms with E-state index in [1.54, 1.807) is 6.20 Å². The molecule has 0 fully saturated rings. The molecule has 0 aliphatic heterocycles. The van der Waals surface area contributed by atoms with Gasteiger partial charge in [-0.2, -0.15) is 5.10 Å². The van der Waals surface area contributed by atoms with Crippen molar-refractivity contribution in [3.05, 3.63) is 54.4 Å². The van der Waals surface area contributed by atoms with Crippen molar-refractivity contribution in [1.29, 1.82) is 0 Å². The van der Waals surface area contributed by atoms with Crippen LogP contribution in [0.1, 0.15) is 25.3 Å². The Hall–Kier alpha value is -2.35. The molecule has 0 aliphatic rings. The molecular weight excluding hydrogens is 362 g/mol. The molecule has 148 valence electrons. The quantitative estimate of drug-likeness (QED) is 0.347. The van der Waals surface area contributed by atoms with Crippen molar-refractivity contribution in [3.63, 3.8) is 0 Å². The molecule has 0 radical (unpaired) electrons. The lowest BCUT2D eigenvalue weighted by Gasteiger charge is -2.11. The number of nitrogens with one attached hydrogen (secondary N) is 2. The average Bonchev–Trinajstić information content (AvgIpc) is 3.16. The van der Waals surface area contributed by atoms with Crippen LogP contribution in [-0.4, -0.2) is 49.5 Å². The van der Waals surface area contributed by atoms with Crippen LogP contribution in [0, 0.1) is 0 Å². The second-order valence-electron chi connectivity index (χ2n) is 6.24. The second kappa shape index (κ2) is 11.4. The molecule has 0 aliphatic carbocycles. The molecular formula is C19H29N5O2S. The fourth-order valence-corrected chi connectivity index (χ4v) is 4.03. The standard InChI is InChI=1S/C19H29N5O2S/c1-2-20-19(21-11-6-14-24-15-7-13-23-24)22-12-8-16-27(25,26)17-18-9-4-3-5-10-18/h3-5,7,9-10,13,15H,2,6,8,11-12,14,16-17H2,1H3,(H2,20,21,22). The Labute approximate surface area is 161 Å². The molecule has 27 heavy (non-hydrogen) atoms. The molecule has 2 rings (SSSR count). The molecule has 1 aromatic heterocycles. The van der Waals surface area contributed by atoms with Gasteiger partial charge in [-0.25, -0.2) is 8.42 Å². The molecule has 8 heteroatoms.